The zero-order chi connectivity index (χ0) is 12.1. The summed E-state index contributed by atoms with van der Waals surface area (Å²) < 4.78 is 0. The Balaban J connectivity index is 1.60. The predicted octanol–water partition coefficient (Wildman–Crippen LogP) is -0.0824. The second-order valence-corrected chi connectivity index (χ2v) is 5.74. The summed E-state index contributed by atoms with van der Waals surface area (Å²) in [6, 6.07) is 0.767. The molecule has 0 bridgehead atoms. The number of piperazine rings is 1. The van der Waals surface area contributed by atoms with Gasteiger partial charge in [-0.15, -0.1) is 0 Å². The normalized spacial score (nSPS) is 28.1. The maximum atomic E-state index is 3.59. The molecule has 2 saturated heterocycles. The first-order valence-corrected chi connectivity index (χ1v) is 7.07. The van der Waals surface area contributed by atoms with Crippen LogP contribution in [0.1, 0.15) is 12.8 Å². The summed E-state index contributed by atoms with van der Waals surface area (Å²) in [5.74, 6) is 0. The van der Waals surface area contributed by atoms with Crippen molar-refractivity contribution in [3.05, 3.63) is 0 Å². The molecule has 0 aliphatic carbocycles. The lowest BCUT2D eigenvalue weighted by Gasteiger charge is -2.36. The zero-order valence-corrected chi connectivity index (χ0v) is 11.5. The van der Waals surface area contributed by atoms with Crippen molar-refractivity contribution < 1.29 is 0 Å². The molecule has 1 atom stereocenters. The second kappa shape index (κ2) is 6.69. The highest BCUT2D eigenvalue weighted by atomic mass is 15.3. The molecule has 100 valence electrons. The van der Waals surface area contributed by atoms with Gasteiger partial charge in [-0.2, -0.15) is 0 Å². The standard InChI is InChI=1S/C13H28N4/c1-15(2)6-7-16-8-10-17(11-9-16)12-13-4-3-5-14-13/h13-14H,3-12H2,1-2H3/t13-/m0/s1. The van der Waals surface area contributed by atoms with E-state index in [4.69, 9.17) is 0 Å². The van der Waals surface area contributed by atoms with E-state index >= 15 is 0 Å². The smallest absolute Gasteiger partial charge is 0.0195 e. The van der Waals surface area contributed by atoms with Crippen LogP contribution in [0.15, 0.2) is 0 Å². The van der Waals surface area contributed by atoms with Crippen LogP contribution in [0.5, 0.6) is 0 Å². The van der Waals surface area contributed by atoms with Crippen LogP contribution in [0.3, 0.4) is 0 Å². The second-order valence-electron chi connectivity index (χ2n) is 5.74. The van der Waals surface area contributed by atoms with Gasteiger partial charge in [-0.3, -0.25) is 9.80 Å². The van der Waals surface area contributed by atoms with Gasteiger partial charge in [-0.05, 0) is 33.5 Å². The molecule has 1 N–H and O–H groups in total. The summed E-state index contributed by atoms with van der Waals surface area (Å²) in [5, 5.41) is 3.59. The van der Waals surface area contributed by atoms with Crippen molar-refractivity contribution in [1.82, 2.24) is 20.0 Å². The molecule has 0 spiro atoms. The summed E-state index contributed by atoms with van der Waals surface area (Å²) in [7, 11) is 4.31. The highest BCUT2D eigenvalue weighted by molar-refractivity contribution is 4.81. The van der Waals surface area contributed by atoms with Crippen molar-refractivity contribution in [3.63, 3.8) is 0 Å². The Kier molecular flexibility index (Phi) is 5.22. The van der Waals surface area contributed by atoms with E-state index in [-0.39, 0.29) is 0 Å². The van der Waals surface area contributed by atoms with Crippen LogP contribution < -0.4 is 5.32 Å². The van der Waals surface area contributed by atoms with Crippen LogP contribution in [0.2, 0.25) is 0 Å². The maximum absolute atomic E-state index is 3.59. The van der Waals surface area contributed by atoms with Crippen LogP contribution >= 0.6 is 0 Å². The molecule has 2 aliphatic rings. The Morgan fingerprint density at radius 1 is 1.12 bits per heavy atom. The topological polar surface area (TPSA) is 21.8 Å². The summed E-state index contributed by atoms with van der Waals surface area (Å²) in [5.41, 5.74) is 0. The Labute approximate surface area is 106 Å². The summed E-state index contributed by atoms with van der Waals surface area (Å²) >= 11 is 0. The summed E-state index contributed by atoms with van der Waals surface area (Å²) in [6.45, 7) is 9.92. The van der Waals surface area contributed by atoms with Gasteiger partial charge in [0.25, 0.3) is 0 Å². The van der Waals surface area contributed by atoms with Crippen molar-refractivity contribution >= 4 is 0 Å². The number of rotatable bonds is 5. The minimum absolute atomic E-state index is 0.767. The lowest BCUT2D eigenvalue weighted by Crippen LogP contribution is -2.50. The first kappa shape index (κ1) is 13.3. The van der Waals surface area contributed by atoms with E-state index in [9.17, 15) is 0 Å². The number of likely N-dealkylation sites (N-methyl/N-ethyl adjacent to an activating group) is 1. The Morgan fingerprint density at radius 2 is 1.82 bits per heavy atom. The Morgan fingerprint density at radius 3 is 2.41 bits per heavy atom. The van der Waals surface area contributed by atoms with Gasteiger partial charge in [-0.1, -0.05) is 0 Å². The number of hydrogen-bond acceptors (Lipinski definition) is 4. The highest BCUT2D eigenvalue weighted by Gasteiger charge is 2.21. The first-order valence-electron chi connectivity index (χ1n) is 7.07. The molecule has 0 aromatic heterocycles. The first-order chi connectivity index (χ1) is 8.24. The number of nitrogens with zero attached hydrogens (tertiary/aromatic N) is 3. The fourth-order valence-electron chi connectivity index (χ4n) is 2.76. The lowest BCUT2D eigenvalue weighted by molar-refractivity contribution is 0.119. The third-order valence-corrected chi connectivity index (χ3v) is 3.97. The van der Waals surface area contributed by atoms with Gasteiger partial charge in [-0.25, -0.2) is 0 Å². The van der Waals surface area contributed by atoms with Crippen LogP contribution in [-0.4, -0.2) is 87.2 Å². The van der Waals surface area contributed by atoms with E-state index < -0.39 is 0 Å². The van der Waals surface area contributed by atoms with Crippen molar-refractivity contribution in [1.29, 1.82) is 0 Å². The van der Waals surface area contributed by atoms with Crippen LogP contribution in [0.4, 0.5) is 0 Å². The molecule has 2 fully saturated rings. The van der Waals surface area contributed by atoms with Gasteiger partial charge < -0.3 is 10.2 Å². The Bertz CT molecular complexity index is 205. The molecule has 0 unspecified atom stereocenters. The van der Waals surface area contributed by atoms with E-state index in [1.807, 2.05) is 0 Å². The molecule has 2 aliphatic heterocycles. The molecule has 0 saturated carbocycles. The third-order valence-electron chi connectivity index (χ3n) is 3.97. The van der Waals surface area contributed by atoms with E-state index in [2.05, 4.69) is 34.1 Å². The molecule has 4 nitrogen and oxygen atoms in total. The fraction of sp³-hybridized carbons (Fsp3) is 1.00. The van der Waals surface area contributed by atoms with Crippen molar-refractivity contribution in [2.24, 2.45) is 0 Å². The van der Waals surface area contributed by atoms with E-state index in [0.29, 0.717) is 0 Å². The quantitative estimate of drug-likeness (QED) is 0.725. The SMILES string of the molecule is CN(C)CCN1CCN(C[C@@H]2CCCN2)CC1. The van der Waals surface area contributed by atoms with Crippen LogP contribution in [-0.2, 0) is 0 Å². The zero-order valence-electron chi connectivity index (χ0n) is 11.5. The van der Waals surface area contributed by atoms with Crippen molar-refractivity contribution in [3.8, 4) is 0 Å². The molecular weight excluding hydrogens is 212 g/mol. The van der Waals surface area contributed by atoms with Gasteiger partial charge in [0.1, 0.15) is 0 Å². The maximum Gasteiger partial charge on any atom is 0.0195 e. The summed E-state index contributed by atoms with van der Waals surface area (Å²) in [6.07, 6.45) is 2.74. The molecule has 17 heavy (non-hydrogen) atoms. The van der Waals surface area contributed by atoms with Gasteiger partial charge in [0.05, 0.1) is 0 Å². The lowest BCUT2D eigenvalue weighted by atomic mass is 10.2. The molecule has 0 aromatic rings. The molecular formula is C13H28N4. The largest absolute Gasteiger partial charge is 0.313 e. The van der Waals surface area contributed by atoms with E-state index in [0.717, 1.165) is 6.04 Å². The minimum atomic E-state index is 0.767. The van der Waals surface area contributed by atoms with Gasteiger partial charge in [0.2, 0.25) is 0 Å². The highest BCUT2D eigenvalue weighted by Crippen LogP contribution is 2.09. The number of hydrogen-bond donors (Lipinski definition) is 1. The molecule has 2 rings (SSSR count). The third kappa shape index (κ3) is 4.54. The van der Waals surface area contributed by atoms with Crippen molar-refractivity contribution in [2.45, 2.75) is 18.9 Å². The average Bonchev–Trinajstić information content (AvgIpc) is 2.81. The monoisotopic (exact) mass is 240 g/mol. The van der Waals surface area contributed by atoms with Crippen molar-refractivity contribution in [2.75, 3.05) is 66.5 Å². The predicted molar refractivity (Wildman–Crippen MR) is 72.5 cm³/mol. The van der Waals surface area contributed by atoms with Crippen LogP contribution in [0, 0.1) is 0 Å². The van der Waals surface area contributed by atoms with Crippen LogP contribution in [0.25, 0.3) is 0 Å². The van der Waals surface area contributed by atoms with E-state index in [1.54, 1.807) is 0 Å². The fourth-order valence-corrected chi connectivity index (χ4v) is 2.76. The molecule has 0 amide bonds. The molecule has 0 aromatic carbocycles. The Hall–Kier alpha value is -0.160. The van der Waals surface area contributed by atoms with E-state index in [1.165, 1.54) is 65.2 Å². The van der Waals surface area contributed by atoms with Gasteiger partial charge in [0, 0.05) is 51.9 Å². The number of nitrogens with one attached hydrogen (secondary N) is 1. The molecule has 0 radical (unpaired) electrons. The summed E-state index contributed by atoms with van der Waals surface area (Å²) in [4.78, 5) is 7.50. The van der Waals surface area contributed by atoms with Gasteiger partial charge >= 0.3 is 0 Å². The minimum Gasteiger partial charge on any atom is -0.313 e. The molecule has 4 heteroatoms. The average molecular weight is 240 g/mol. The van der Waals surface area contributed by atoms with Gasteiger partial charge in [0.15, 0.2) is 0 Å². The molecule has 2 heterocycles.